The van der Waals surface area contributed by atoms with E-state index >= 15 is 0 Å². The van der Waals surface area contributed by atoms with E-state index in [9.17, 15) is 0 Å². The molecule has 29 heavy (non-hydrogen) atoms. The predicted octanol–water partition coefficient (Wildman–Crippen LogP) is 6.77. The molecule has 0 radical (unpaired) electrons. The van der Waals surface area contributed by atoms with Crippen LogP contribution in [0.4, 0.5) is 5.69 Å². The lowest BCUT2D eigenvalue weighted by molar-refractivity contribution is 0.289. The van der Waals surface area contributed by atoms with Crippen molar-refractivity contribution in [3.05, 3.63) is 66.2 Å². The van der Waals surface area contributed by atoms with E-state index in [-0.39, 0.29) is 0 Å². The zero-order valence-corrected chi connectivity index (χ0v) is 17.0. The quantitative estimate of drug-likeness (QED) is 0.329. The van der Waals surface area contributed by atoms with Crippen LogP contribution >= 0.6 is 0 Å². The second-order valence-corrected chi connectivity index (χ2v) is 7.48. The number of rotatable bonds is 7. The molecule has 0 aliphatic carbocycles. The first-order valence-electron chi connectivity index (χ1n) is 9.90. The predicted molar refractivity (Wildman–Crippen MR) is 119 cm³/mol. The van der Waals surface area contributed by atoms with Crippen molar-refractivity contribution < 1.29 is 13.9 Å². The third kappa shape index (κ3) is 4.27. The summed E-state index contributed by atoms with van der Waals surface area (Å²) < 4.78 is 17.3. The molecular weight excluding hydrogens is 362 g/mol. The van der Waals surface area contributed by atoms with Gasteiger partial charge >= 0.3 is 0 Å². The molecular formula is C25H25NO3. The molecule has 148 valence electrons. The molecule has 0 N–H and O–H groups in total. The van der Waals surface area contributed by atoms with E-state index in [2.05, 4.69) is 18.8 Å². The van der Waals surface area contributed by atoms with Crippen LogP contribution in [0, 0.1) is 5.92 Å². The van der Waals surface area contributed by atoms with E-state index in [0.29, 0.717) is 11.7 Å². The number of methoxy groups -OCH3 is 1. The Balaban J connectivity index is 1.56. The highest BCUT2D eigenvalue weighted by atomic mass is 16.5. The van der Waals surface area contributed by atoms with Crippen molar-refractivity contribution in [2.75, 3.05) is 13.7 Å². The standard InChI is InChI=1S/C25H25NO3/c1-17(2)12-13-28-19-10-8-18(9-11-19)16-26-22-15-24-21(14-25(22)27-3)20-6-4-5-7-23(20)29-24/h4-11,14-17H,12-13H2,1-3H3. The lowest BCUT2D eigenvalue weighted by atomic mass is 10.1. The Morgan fingerprint density at radius 3 is 2.52 bits per heavy atom. The number of benzene rings is 3. The van der Waals surface area contributed by atoms with Gasteiger partial charge in [0.15, 0.2) is 0 Å². The highest BCUT2D eigenvalue weighted by molar-refractivity contribution is 6.06. The Kier molecular flexibility index (Phi) is 5.52. The van der Waals surface area contributed by atoms with E-state index in [0.717, 1.165) is 52.0 Å². The van der Waals surface area contributed by atoms with Crippen molar-refractivity contribution in [1.29, 1.82) is 0 Å². The lowest BCUT2D eigenvalue weighted by Gasteiger charge is -2.08. The van der Waals surface area contributed by atoms with Crippen molar-refractivity contribution in [1.82, 2.24) is 0 Å². The Morgan fingerprint density at radius 1 is 0.966 bits per heavy atom. The first-order valence-corrected chi connectivity index (χ1v) is 9.90. The molecule has 4 aromatic rings. The van der Waals surface area contributed by atoms with E-state index < -0.39 is 0 Å². The van der Waals surface area contributed by atoms with Gasteiger partial charge in [-0.25, -0.2) is 0 Å². The van der Waals surface area contributed by atoms with E-state index in [1.165, 1.54) is 0 Å². The second kappa shape index (κ2) is 8.39. The third-order valence-electron chi connectivity index (χ3n) is 4.87. The monoisotopic (exact) mass is 387 g/mol. The smallest absolute Gasteiger partial charge is 0.145 e. The Morgan fingerprint density at radius 2 is 1.76 bits per heavy atom. The van der Waals surface area contributed by atoms with Crippen molar-refractivity contribution >= 4 is 33.8 Å². The van der Waals surface area contributed by atoms with Gasteiger partial charge in [-0.1, -0.05) is 32.0 Å². The van der Waals surface area contributed by atoms with E-state index in [1.807, 2.05) is 66.9 Å². The SMILES string of the molecule is COc1cc2c(cc1N=Cc1ccc(OCCC(C)C)cc1)oc1ccccc12. The maximum Gasteiger partial charge on any atom is 0.145 e. The zero-order valence-electron chi connectivity index (χ0n) is 17.0. The third-order valence-corrected chi connectivity index (χ3v) is 4.87. The largest absolute Gasteiger partial charge is 0.494 e. The molecule has 0 saturated carbocycles. The fourth-order valence-electron chi connectivity index (χ4n) is 3.21. The van der Waals surface area contributed by atoms with Gasteiger partial charge in [-0.05, 0) is 54.3 Å². The first kappa shape index (κ1) is 19.1. The van der Waals surface area contributed by atoms with Gasteiger partial charge in [-0.3, -0.25) is 4.99 Å². The summed E-state index contributed by atoms with van der Waals surface area (Å²) in [5.41, 5.74) is 3.39. The molecule has 1 heterocycles. The summed E-state index contributed by atoms with van der Waals surface area (Å²) in [6, 6.07) is 19.9. The average molecular weight is 387 g/mol. The topological polar surface area (TPSA) is 44.0 Å². The molecule has 0 amide bonds. The van der Waals surface area contributed by atoms with Gasteiger partial charge in [-0.2, -0.15) is 0 Å². The summed E-state index contributed by atoms with van der Waals surface area (Å²) in [4.78, 5) is 4.63. The van der Waals surface area contributed by atoms with E-state index in [4.69, 9.17) is 13.9 Å². The molecule has 0 aliphatic rings. The van der Waals surface area contributed by atoms with Crippen LogP contribution in [0.1, 0.15) is 25.8 Å². The van der Waals surface area contributed by atoms with Crippen LogP contribution in [0.3, 0.4) is 0 Å². The fourth-order valence-corrected chi connectivity index (χ4v) is 3.21. The van der Waals surface area contributed by atoms with E-state index in [1.54, 1.807) is 7.11 Å². The van der Waals surface area contributed by atoms with Crippen molar-refractivity contribution in [3.63, 3.8) is 0 Å². The Labute approximate surface area is 170 Å². The average Bonchev–Trinajstić information content (AvgIpc) is 3.09. The van der Waals surface area contributed by atoms with Crippen LogP contribution in [0.15, 0.2) is 70.1 Å². The zero-order chi connectivity index (χ0) is 20.2. The van der Waals surface area contributed by atoms with Gasteiger partial charge in [-0.15, -0.1) is 0 Å². The number of aliphatic imine (C=N–C) groups is 1. The number of ether oxygens (including phenoxy) is 2. The van der Waals surface area contributed by atoms with Crippen LogP contribution < -0.4 is 9.47 Å². The van der Waals surface area contributed by atoms with Crippen LogP contribution in [-0.2, 0) is 0 Å². The number of furan rings is 1. The first-order chi connectivity index (χ1) is 14.1. The number of para-hydroxylation sites is 1. The minimum atomic E-state index is 0.639. The summed E-state index contributed by atoms with van der Waals surface area (Å²) in [6.07, 6.45) is 2.87. The summed E-state index contributed by atoms with van der Waals surface area (Å²) in [6.45, 7) is 5.12. The molecule has 0 saturated heterocycles. The minimum absolute atomic E-state index is 0.639. The van der Waals surface area contributed by atoms with Gasteiger partial charge in [0.2, 0.25) is 0 Å². The second-order valence-electron chi connectivity index (χ2n) is 7.48. The van der Waals surface area contributed by atoms with Gasteiger partial charge in [0.1, 0.15) is 28.4 Å². The highest BCUT2D eigenvalue weighted by Crippen LogP contribution is 2.37. The number of nitrogens with zero attached hydrogens (tertiary/aromatic N) is 1. The van der Waals surface area contributed by atoms with Crippen LogP contribution in [0.5, 0.6) is 11.5 Å². The molecule has 0 unspecified atom stereocenters. The maximum atomic E-state index is 5.97. The van der Waals surface area contributed by atoms with Gasteiger partial charge < -0.3 is 13.9 Å². The Bertz CT molecular complexity index is 1140. The Hall–Kier alpha value is -3.27. The number of hydrogen-bond acceptors (Lipinski definition) is 4. The number of fused-ring (bicyclic) bond motifs is 3. The van der Waals surface area contributed by atoms with Gasteiger partial charge in [0.25, 0.3) is 0 Å². The van der Waals surface area contributed by atoms with Crippen LogP contribution in [-0.4, -0.2) is 19.9 Å². The lowest BCUT2D eigenvalue weighted by Crippen LogP contribution is -2.01. The van der Waals surface area contributed by atoms with Crippen molar-refractivity contribution in [2.45, 2.75) is 20.3 Å². The molecule has 0 atom stereocenters. The molecule has 4 nitrogen and oxygen atoms in total. The molecule has 0 bridgehead atoms. The summed E-state index contributed by atoms with van der Waals surface area (Å²) in [5.74, 6) is 2.23. The van der Waals surface area contributed by atoms with Gasteiger partial charge in [0.05, 0.1) is 13.7 Å². The summed E-state index contributed by atoms with van der Waals surface area (Å²) in [5, 5.41) is 2.10. The van der Waals surface area contributed by atoms with Crippen molar-refractivity contribution in [2.24, 2.45) is 10.9 Å². The summed E-state index contributed by atoms with van der Waals surface area (Å²) >= 11 is 0. The highest BCUT2D eigenvalue weighted by Gasteiger charge is 2.11. The van der Waals surface area contributed by atoms with Crippen LogP contribution in [0.2, 0.25) is 0 Å². The van der Waals surface area contributed by atoms with Crippen molar-refractivity contribution in [3.8, 4) is 11.5 Å². The molecule has 1 aromatic heterocycles. The molecule has 0 aliphatic heterocycles. The molecule has 4 rings (SSSR count). The molecule has 0 fully saturated rings. The number of hydrogen-bond donors (Lipinski definition) is 0. The maximum absolute atomic E-state index is 5.97. The van der Waals surface area contributed by atoms with Crippen LogP contribution in [0.25, 0.3) is 21.9 Å². The van der Waals surface area contributed by atoms with Gasteiger partial charge in [0, 0.05) is 23.1 Å². The molecule has 3 aromatic carbocycles. The normalized spacial score (nSPS) is 11.7. The summed E-state index contributed by atoms with van der Waals surface area (Å²) in [7, 11) is 1.66. The fraction of sp³-hybridized carbons (Fsp3) is 0.240. The minimum Gasteiger partial charge on any atom is -0.494 e. The molecule has 0 spiro atoms. The molecule has 4 heteroatoms.